The largest absolute Gasteiger partial charge is 0.340 e. The van der Waals surface area contributed by atoms with E-state index < -0.39 is 12.1 Å². The van der Waals surface area contributed by atoms with E-state index >= 15 is 0 Å². The second kappa shape index (κ2) is 9.89. The topological polar surface area (TPSA) is 82.6 Å². The number of likely N-dealkylation sites (tertiary alicyclic amines) is 1. The van der Waals surface area contributed by atoms with Gasteiger partial charge in [0.1, 0.15) is 12.1 Å². The number of nitrogens with one attached hydrogen (secondary N) is 1. The fourth-order valence-corrected chi connectivity index (χ4v) is 7.17. The average Bonchev–Trinajstić information content (AvgIpc) is 3.49. The molecule has 3 atom stereocenters. The summed E-state index contributed by atoms with van der Waals surface area (Å²) in [4.78, 5) is 49.1. The van der Waals surface area contributed by atoms with Crippen molar-refractivity contribution in [3.05, 3.63) is 64.8 Å². The highest BCUT2D eigenvalue weighted by Gasteiger charge is 2.47. The van der Waals surface area contributed by atoms with Gasteiger partial charge >= 0.3 is 0 Å². The number of carbonyl (C=O) groups is 3. The minimum absolute atomic E-state index is 0.0452. The minimum atomic E-state index is -0.601. The van der Waals surface area contributed by atoms with Crippen molar-refractivity contribution >= 4 is 39.1 Å². The molecule has 2 aromatic heterocycles. The van der Waals surface area contributed by atoms with Crippen molar-refractivity contribution in [1.82, 2.24) is 20.1 Å². The van der Waals surface area contributed by atoms with Crippen molar-refractivity contribution in [2.45, 2.75) is 69.5 Å². The Balaban J connectivity index is 1.16. The van der Waals surface area contributed by atoms with Crippen LogP contribution in [-0.4, -0.2) is 63.7 Å². The number of pyridine rings is 1. The van der Waals surface area contributed by atoms with Crippen molar-refractivity contribution < 1.29 is 14.4 Å². The first-order chi connectivity index (χ1) is 18.0. The van der Waals surface area contributed by atoms with E-state index in [-0.39, 0.29) is 23.8 Å². The lowest BCUT2D eigenvalue weighted by Gasteiger charge is -2.43. The number of thiophene rings is 1. The molecule has 6 rings (SSSR count). The third-order valence-corrected chi connectivity index (χ3v) is 9.40. The second-order valence-electron chi connectivity index (χ2n) is 10.6. The summed E-state index contributed by atoms with van der Waals surface area (Å²) < 4.78 is 1.05. The number of amides is 3. The fraction of sp³-hybridized carbons (Fsp3) is 0.448. The molecule has 1 N–H and O–H groups in total. The Morgan fingerprint density at radius 2 is 1.86 bits per heavy atom. The van der Waals surface area contributed by atoms with Crippen LogP contribution in [0.5, 0.6) is 0 Å². The number of carbonyl (C=O) groups excluding carboxylic acids is 3. The number of fused-ring (bicyclic) bond motifs is 2. The van der Waals surface area contributed by atoms with Gasteiger partial charge in [0.25, 0.3) is 5.91 Å². The molecule has 0 aliphatic carbocycles. The van der Waals surface area contributed by atoms with E-state index in [2.05, 4.69) is 17.2 Å². The Morgan fingerprint density at radius 1 is 1.05 bits per heavy atom. The maximum atomic E-state index is 13.8. The van der Waals surface area contributed by atoms with E-state index in [1.807, 2.05) is 52.4 Å². The monoisotopic (exact) mass is 516 g/mol. The molecular weight excluding hydrogens is 484 g/mol. The molecule has 0 radical (unpaired) electrons. The third kappa shape index (κ3) is 4.52. The summed E-state index contributed by atoms with van der Waals surface area (Å²) in [6.07, 6.45) is 8.65. The predicted octanol–water partition coefficient (Wildman–Crippen LogP) is 4.26. The highest BCUT2D eigenvalue weighted by Crippen LogP contribution is 2.35. The molecule has 3 saturated heterocycles. The molecule has 0 spiro atoms. The van der Waals surface area contributed by atoms with Crippen molar-refractivity contribution in [3.8, 4) is 0 Å². The number of rotatable bonds is 4. The van der Waals surface area contributed by atoms with Crippen LogP contribution in [-0.2, 0) is 9.59 Å². The van der Waals surface area contributed by atoms with E-state index in [0.29, 0.717) is 36.7 Å². The molecular formula is C29H32N4O3S. The number of aromatic nitrogens is 1. The fourth-order valence-electron chi connectivity index (χ4n) is 6.20. The molecule has 8 heteroatoms. The molecule has 37 heavy (non-hydrogen) atoms. The normalized spacial score (nSPS) is 24.4. The number of nitrogens with zero attached hydrogens (tertiary/aromatic N) is 3. The first-order valence-electron chi connectivity index (χ1n) is 13.3. The lowest BCUT2D eigenvalue weighted by molar-refractivity contribution is -0.149. The number of benzene rings is 1. The van der Waals surface area contributed by atoms with Gasteiger partial charge in [-0.25, -0.2) is 0 Å². The lowest BCUT2D eigenvalue weighted by atomic mass is 9.89. The zero-order valence-corrected chi connectivity index (χ0v) is 21.9. The van der Waals surface area contributed by atoms with Gasteiger partial charge in [-0.2, -0.15) is 0 Å². The van der Waals surface area contributed by atoms with Gasteiger partial charge in [-0.1, -0.05) is 31.0 Å². The molecule has 7 nitrogen and oxygen atoms in total. The molecule has 0 bridgehead atoms. The molecule has 3 fully saturated rings. The smallest absolute Gasteiger partial charge is 0.262 e. The predicted molar refractivity (Wildman–Crippen MR) is 143 cm³/mol. The van der Waals surface area contributed by atoms with Crippen LogP contribution >= 0.6 is 11.3 Å². The Kier molecular flexibility index (Phi) is 6.44. The van der Waals surface area contributed by atoms with Crippen molar-refractivity contribution in [2.75, 3.05) is 13.1 Å². The highest BCUT2D eigenvalue weighted by atomic mass is 32.1. The summed E-state index contributed by atoms with van der Waals surface area (Å²) in [5, 5.41) is 4.06. The summed E-state index contributed by atoms with van der Waals surface area (Å²) in [5.41, 5.74) is 2.39. The Bertz CT molecular complexity index is 1310. The molecule has 3 aliphatic rings. The summed E-state index contributed by atoms with van der Waals surface area (Å²) in [5.74, 6) is 0.0291. The molecule has 192 valence electrons. The van der Waals surface area contributed by atoms with Gasteiger partial charge in [0, 0.05) is 42.1 Å². The Morgan fingerprint density at radius 3 is 2.68 bits per heavy atom. The molecule has 0 saturated carbocycles. The summed E-state index contributed by atoms with van der Waals surface area (Å²) in [6, 6.07) is 10.8. The first kappa shape index (κ1) is 24.1. The maximum Gasteiger partial charge on any atom is 0.262 e. The summed E-state index contributed by atoms with van der Waals surface area (Å²) in [7, 11) is 0. The molecule has 3 amide bonds. The van der Waals surface area contributed by atoms with Gasteiger partial charge in [0.2, 0.25) is 11.8 Å². The molecule has 5 heterocycles. The summed E-state index contributed by atoms with van der Waals surface area (Å²) >= 11 is 1.44. The number of aryl methyl sites for hydroxylation is 1. The lowest BCUT2D eigenvalue weighted by Crippen LogP contribution is -2.59. The van der Waals surface area contributed by atoms with Crippen LogP contribution < -0.4 is 5.32 Å². The molecule has 0 unspecified atom stereocenters. The molecule has 3 aromatic rings. The van der Waals surface area contributed by atoms with Crippen LogP contribution in [0, 0.1) is 6.92 Å². The standard InChI is InChI=1S/C29H32N4O3S/c1-18-12-13-30-15-22(18)20-16-32(17-20)29(36)24-11-10-21-7-3-4-8-23(28(35)33(21)24)31-27(34)26-14-19-6-2-5-9-25(19)37-26/h2,5-6,9,12-15,20-21,23-24H,3-4,7-8,10-11,16-17H2,1H3,(H,31,34)/t21-,23-,24-/m0/s1. The third-order valence-electron chi connectivity index (χ3n) is 8.29. The van der Waals surface area contributed by atoms with Gasteiger partial charge < -0.3 is 15.1 Å². The van der Waals surface area contributed by atoms with E-state index in [9.17, 15) is 14.4 Å². The van der Waals surface area contributed by atoms with Gasteiger partial charge in [-0.05, 0) is 67.3 Å². The zero-order valence-electron chi connectivity index (χ0n) is 21.1. The first-order valence-corrected chi connectivity index (χ1v) is 14.1. The van der Waals surface area contributed by atoms with Gasteiger partial charge in [0.15, 0.2) is 0 Å². The van der Waals surface area contributed by atoms with Crippen molar-refractivity contribution in [3.63, 3.8) is 0 Å². The van der Waals surface area contributed by atoms with E-state index in [1.165, 1.54) is 22.5 Å². The van der Waals surface area contributed by atoms with Crippen LogP contribution in [0.1, 0.15) is 65.2 Å². The summed E-state index contributed by atoms with van der Waals surface area (Å²) in [6.45, 7) is 3.41. The molecule has 3 aliphatic heterocycles. The Labute approximate surface area is 220 Å². The number of hydrogen-bond acceptors (Lipinski definition) is 5. The van der Waals surface area contributed by atoms with Crippen molar-refractivity contribution in [2.24, 2.45) is 0 Å². The zero-order chi connectivity index (χ0) is 25.5. The van der Waals surface area contributed by atoms with Gasteiger partial charge in [0.05, 0.1) is 4.88 Å². The van der Waals surface area contributed by atoms with Gasteiger partial charge in [-0.15, -0.1) is 11.3 Å². The minimum Gasteiger partial charge on any atom is -0.340 e. The Hall–Kier alpha value is -3.26. The van der Waals surface area contributed by atoms with Crippen molar-refractivity contribution in [1.29, 1.82) is 0 Å². The second-order valence-corrected chi connectivity index (χ2v) is 11.7. The van der Waals surface area contributed by atoms with E-state index in [1.54, 1.807) is 6.20 Å². The van der Waals surface area contributed by atoms with Gasteiger partial charge in [-0.3, -0.25) is 19.4 Å². The highest BCUT2D eigenvalue weighted by molar-refractivity contribution is 7.20. The van der Waals surface area contributed by atoms with E-state index in [4.69, 9.17) is 0 Å². The van der Waals surface area contributed by atoms with Crippen LogP contribution in [0.2, 0.25) is 0 Å². The van der Waals surface area contributed by atoms with Crippen LogP contribution in [0.25, 0.3) is 10.1 Å². The van der Waals surface area contributed by atoms with Crippen LogP contribution in [0.3, 0.4) is 0 Å². The average molecular weight is 517 g/mol. The molecule has 1 aromatic carbocycles. The maximum absolute atomic E-state index is 13.8. The van der Waals surface area contributed by atoms with Crippen LogP contribution in [0.15, 0.2) is 48.8 Å². The quantitative estimate of drug-likeness (QED) is 0.562. The number of hydrogen-bond donors (Lipinski definition) is 1. The van der Waals surface area contributed by atoms with Crippen LogP contribution in [0.4, 0.5) is 0 Å². The SMILES string of the molecule is Cc1ccncc1C1CN(C(=O)[C@@H]2CC[C@@H]3CCCC[C@H](NC(=O)c4cc5ccccc5s4)C(=O)N32)C1. The van der Waals surface area contributed by atoms with E-state index in [0.717, 1.165) is 35.8 Å².